The third-order valence-electron chi connectivity index (χ3n) is 4.22. The van der Waals surface area contributed by atoms with Gasteiger partial charge in [-0.25, -0.2) is 9.59 Å². The van der Waals surface area contributed by atoms with Crippen LogP contribution in [0.4, 0.5) is 4.79 Å². The van der Waals surface area contributed by atoms with Crippen molar-refractivity contribution in [1.82, 2.24) is 10.6 Å². The summed E-state index contributed by atoms with van der Waals surface area (Å²) in [6, 6.07) is -0.362. The van der Waals surface area contributed by atoms with Gasteiger partial charge in [-0.05, 0) is 50.4 Å². The molecule has 0 bridgehead atoms. The van der Waals surface area contributed by atoms with Gasteiger partial charge < -0.3 is 15.7 Å². The van der Waals surface area contributed by atoms with Crippen molar-refractivity contribution in [2.24, 2.45) is 17.8 Å². The topological polar surface area (TPSA) is 78.4 Å². The number of aliphatic carboxylic acids is 1. The van der Waals surface area contributed by atoms with Crippen LogP contribution < -0.4 is 10.6 Å². The van der Waals surface area contributed by atoms with Crippen molar-refractivity contribution in [3.05, 3.63) is 0 Å². The van der Waals surface area contributed by atoms with Gasteiger partial charge in [0.15, 0.2) is 0 Å². The number of carboxylic acids is 1. The lowest BCUT2D eigenvalue weighted by atomic mass is 9.96. The maximum absolute atomic E-state index is 11.8. The molecule has 2 aliphatic rings. The second-order valence-corrected chi connectivity index (χ2v) is 5.93. The van der Waals surface area contributed by atoms with Crippen LogP contribution >= 0.6 is 0 Å². The molecular weight excluding hydrogens is 232 g/mol. The summed E-state index contributed by atoms with van der Waals surface area (Å²) in [5.41, 5.74) is -1.12. The van der Waals surface area contributed by atoms with Crippen LogP contribution in [0.15, 0.2) is 0 Å². The van der Waals surface area contributed by atoms with Gasteiger partial charge in [0.1, 0.15) is 5.54 Å². The fourth-order valence-electron chi connectivity index (χ4n) is 2.36. The Morgan fingerprint density at radius 2 is 1.94 bits per heavy atom. The number of carboxylic acid groups (broad SMARTS) is 1. The van der Waals surface area contributed by atoms with Crippen LogP contribution in [-0.2, 0) is 4.79 Å². The van der Waals surface area contributed by atoms with Gasteiger partial charge in [-0.15, -0.1) is 0 Å². The van der Waals surface area contributed by atoms with Crippen molar-refractivity contribution < 1.29 is 14.7 Å². The van der Waals surface area contributed by atoms with Crippen LogP contribution in [0.1, 0.15) is 39.5 Å². The first kappa shape index (κ1) is 13.2. The zero-order valence-corrected chi connectivity index (χ0v) is 11.0. The molecule has 2 aliphatic carbocycles. The molecule has 5 heteroatoms. The van der Waals surface area contributed by atoms with E-state index >= 15 is 0 Å². The van der Waals surface area contributed by atoms with Gasteiger partial charge in [0.05, 0.1) is 0 Å². The van der Waals surface area contributed by atoms with E-state index in [0.29, 0.717) is 12.5 Å². The Morgan fingerprint density at radius 3 is 2.39 bits per heavy atom. The Hall–Kier alpha value is -1.26. The number of nitrogens with one attached hydrogen (secondary N) is 2. The number of carbonyl (C=O) groups is 2. The molecule has 0 radical (unpaired) electrons. The second-order valence-electron chi connectivity index (χ2n) is 5.93. The van der Waals surface area contributed by atoms with Crippen molar-refractivity contribution in [3.8, 4) is 0 Å². The second kappa shape index (κ2) is 4.78. The van der Waals surface area contributed by atoms with Crippen LogP contribution in [0.5, 0.6) is 0 Å². The highest BCUT2D eigenvalue weighted by Crippen LogP contribution is 2.39. The molecule has 2 amide bonds. The molecule has 0 aromatic rings. The van der Waals surface area contributed by atoms with E-state index in [9.17, 15) is 14.7 Å². The average Bonchev–Trinajstić information content (AvgIpc) is 3.18. The monoisotopic (exact) mass is 254 g/mol. The molecule has 2 atom stereocenters. The third kappa shape index (κ3) is 2.94. The quantitative estimate of drug-likeness (QED) is 0.673. The first-order valence-electron chi connectivity index (χ1n) is 6.73. The first-order valence-corrected chi connectivity index (χ1v) is 6.73. The van der Waals surface area contributed by atoms with Gasteiger partial charge in [0, 0.05) is 6.54 Å². The molecule has 0 aromatic heterocycles. The van der Waals surface area contributed by atoms with E-state index in [1.165, 1.54) is 12.8 Å². The van der Waals surface area contributed by atoms with Crippen LogP contribution in [0.25, 0.3) is 0 Å². The van der Waals surface area contributed by atoms with E-state index in [1.807, 2.05) is 0 Å². The maximum atomic E-state index is 11.8. The van der Waals surface area contributed by atoms with Crippen molar-refractivity contribution in [1.29, 1.82) is 0 Å². The molecule has 0 aliphatic heterocycles. The van der Waals surface area contributed by atoms with Crippen LogP contribution in [0, 0.1) is 17.8 Å². The van der Waals surface area contributed by atoms with E-state index < -0.39 is 11.5 Å². The highest BCUT2D eigenvalue weighted by atomic mass is 16.4. The lowest BCUT2D eigenvalue weighted by molar-refractivity contribution is -0.144. The molecule has 2 saturated carbocycles. The van der Waals surface area contributed by atoms with E-state index in [2.05, 4.69) is 17.6 Å². The predicted octanol–water partition coefficient (Wildman–Crippen LogP) is 1.58. The molecular formula is C13H22N2O3. The first-order chi connectivity index (χ1) is 8.43. The summed E-state index contributed by atoms with van der Waals surface area (Å²) in [6.07, 6.45) is 4.25. The van der Waals surface area contributed by atoms with Crippen molar-refractivity contribution in [2.45, 2.75) is 45.1 Å². The molecule has 5 nitrogen and oxygen atoms in total. The van der Waals surface area contributed by atoms with E-state index in [1.54, 1.807) is 6.92 Å². The fourth-order valence-corrected chi connectivity index (χ4v) is 2.36. The summed E-state index contributed by atoms with van der Waals surface area (Å²) in [5.74, 6) is 0.337. The number of hydrogen-bond acceptors (Lipinski definition) is 2. The number of carbonyl (C=O) groups excluding carboxylic acids is 1. The van der Waals surface area contributed by atoms with Crippen molar-refractivity contribution in [2.75, 3.05) is 6.54 Å². The number of rotatable bonds is 6. The Kier molecular flexibility index (Phi) is 3.50. The van der Waals surface area contributed by atoms with Gasteiger partial charge >= 0.3 is 12.0 Å². The van der Waals surface area contributed by atoms with Gasteiger partial charge in [-0.3, -0.25) is 0 Å². The van der Waals surface area contributed by atoms with Gasteiger partial charge in [0.25, 0.3) is 0 Å². The summed E-state index contributed by atoms with van der Waals surface area (Å²) in [5, 5.41) is 14.6. The minimum absolute atomic E-state index is 0.0709. The molecule has 18 heavy (non-hydrogen) atoms. The molecule has 3 N–H and O–H groups in total. The van der Waals surface area contributed by atoms with Gasteiger partial charge in [-0.2, -0.15) is 0 Å². The molecule has 0 saturated heterocycles. The van der Waals surface area contributed by atoms with E-state index in [4.69, 9.17) is 0 Å². The minimum Gasteiger partial charge on any atom is -0.480 e. The Balaban J connectivity index is 1.79. The number of hydrogen-bond donors (Lipinski definition) is 3. The normalized spacial score (nSPS) is 23.9. The Bertz CT molecular complexity index is 350. The number of urea groups is 1. The van der Waals surface area contributed by atoms with Crippen LogP contribution in [0.3, 0.4) is 0 Å². The highest BCUT2D eigenvalue weighted by Gasteiger charge is 2.48. The highest BCUT2D eigenvalue weighted by molar-refractivity contribution is 5.86. The molecule has 2 rings (SSSR count). The SMILES string of the molecule is CC(CNC(=O)NC(C)(C(=O)O)C1CC1)C1CC1. The number of amides is 2. The van der Waals surface area contributed by atoms with E-state index in [-0.39, 0.29) is 11.9 Å². The molecule has 2 unspecified atom stereocenters. The molecule has 2 fully saturated rings. The summed E-state index contributed by atoms with van der Waals surface area (Å²) in [7, 11) is 0. The largest absolute Gasteiger partial charge is 0.480 e. The summed E-state index contributed by atoms with van der Waals surface area (Å²) < 4.78 is 0. The van der Waals surface area contributed by atoms with Crippen molar-refractivity contribution in [3.63, 3.8) is 0 Å². The standard InChI is InChI=1S/C13H22N2O3/c1-8(9-3-4-9)7-14-12(18)15-13(2,11(16)17)10-5-6-10/h8-10H,3-7H2,1-2H3,(H,16,17)(H2,14,15,18). The third-order valence-corrected chi connectivity index (χ3v) is 4.22. The zero-order valence-electron chi connectivity index (χ0n) is 11.0. The Morgan fingerprint density at radius 1 is 1.33 bits per heavy atom. The predicted molar refractivity (Wildman–Crippen MR) is 67.2 cm³/mol. The lowest BCUT2D eigenvalue weighted by Gasteiger charge is -2.26. The summed E-state index contributed by atoms with van der Waals surface area (Å²) >= 11 is 0. The lowest BCUT2D eigenvalue weighted by Crippen LogP contribution is -2.57. The van der Waals surface area contributed by atoms with Crippen LogP contribution in [0.2, 0.25) is 0 Å². The minimum atomic E-state index is -1.12. The van der Waals surface area contributed by atoms with Gasteiger partial charge in [-0.1, -0.05) is 6.92 Å². The molecule has 0 spiro atoms. The average molecular weight is 254 g/mol. The Labute approximate surface area is 107 Å². The van der Waals surface area contributed by atoms with Gasteiger partial charge in [0.2, 0.25) is 0 Å². The zero-order chi connectivity index (χ0) is 13.3. The maximum Gasteiger partial charge on any atom is 0.329 e. The van der Waals surface area contributed by atoms with Crippen LogP contribution in [-0.4, -0.2) is 29.2 Å². The molecule has 0 aromatic carbocycles. The van der Waals surface area contributed by atoms with E-state index in [0.717, 1.165) is 18.8 Å². The molecule has 102 valence electrons. The van der Waals surface area contributed by atoms with Crippen molar-refractivity contribution >= 4 is 12.0 Å². The molecule has 0 heterocycles. The smallest absolute Gasteiger partial charge is 0.329 e. The summed E-state index contributed by atoms with van der Waals surface area (Å²) in [6.45, 7) is 4.34. The fraction of sp³-hybridized carbons (Fsp3) is 0.846. The summed E-state index contributed by atoms with van der Waals surface area (Å²) in [4.78, 5) is 23.0.